The van der Waals surface area contributed by atoms with Crippen molar-refractivity contribution < 1.29 is 18.0 Å². The predicted octanol–water partition coefficient (Wildman–Crippen LogP) is 4.84. The second kappa shape index (κ2) is 9.48. The smallest absolute Gasteiger partial charge is 0.378 e. The second-order valence-corrected chi connectivity index (χ2v) is 8.23. The summed E-state index contributed by atoms with van der Waals surface area (Å²) in [6.45, 7) is 0. The van der Waals surface area contributed by atoms with Gasteiger partial charge >= 0.3 is 6.18 Å². The van der Waals surface area contributed by atoms with Gasteiger partial charge in [-0.3, -0.25) is 4.79 Å². The van der Waals surface area contributed by atoms with E-state index in [0.717, 1.165) is 33.3 Å². The third kappa shape index (κ3) is 5.15. The molecule has 1 N–H and O–H groups in total. The van der Waals surface area contributed by atoms with Crippen LogP contribution < -0.4 is 10.3 Å². The molecule has 0 unspecified atom stereocenters. The molecular weight excluding hydrogens is 465 g/mol. The number of anilines is 1. The lowest BCUT2D eigenvalue weighted by Gasteiger charge is -2.11. The summed E-state index contributed by atoms with van der Waals surface area (Å²) in [4.78, 5) is 18.6. The third-order valence-corrected chi connectivity index (χ3v) is 5.58. The molecule has 0 radical (unpaired) electrons. The number of hydrogen-bond donors (Lipinski definition) is 1. The molecule has 2 aromatic heterocycles. The van der Waals surface area contributed by atoms with E-state index in [-0.39, 0.29) is 16.5 Å². The van der Waals surface area contributed by atoms with Crippen LogP contribution in [0.5, 0.6) is 0 Å². The summed E-state index contributed by atoms with van der Waals surface area (Å²) in [6.07, 6.45) is -3.13. The molecule has 0 atom stereocenters. The molecule has 11 heteroatoms. The van der Waals surface area contributed by atoms with Gasteiger partial charge in [-0.2, -0.15) is 23.4 Å². The quantitative estimate of drug-likeness (QED) is 0.314. The zero-order valence-electron chi connectivity index (χ0n) is 18.1. The Balaban J connectivity index is 1.54. The molecule has 0 aliphatic carbocycles. The van der Waals surface area contributed by atoms with Gasteiger partial charge < -0.3 is 4.90 Å². The minimum atomic E-state index is -4.62. The average Bonchev–Trinajstić information content (AvgIpc) is 3.47. The maximum Gasteiger partial charge on any atom is 0.435 e. The summed E-state index contributed by atoms with van der Waals surface area (Å²) in [5.74, 6) is -0.590. The number of rotatable bonds is 6. The molecule has 0 aliphatic heterocycles. The topological polar surface area (TPSA) is 75.4 Å². The van der Waals surface area contributed by atoms with E-state index in [0.29, 0.717) is 5.56 Å². The molecule has 1 amide bonds. The highest BCUT2D eigenvalue weighted by molar-refractivity contribution is 7.12. The number of hydrogen-bond acceptors (Lipinski definition) is 6. The van der Waals surface area contributed by atoms with Gasteiger partial charge in [0, 0.05) is 30.7 Å². The van der Waals surface area contributed by atoms with Crippen molar-refractivity contribution in [2.75, 3.05) is 19.0 Å². The second-order valence-electron chi connectivity index (χ2n) is 7.39. The molecule has 0 bridgehead atoms. The van der Waals surface area contributed by atoms with Crippen LogP contribution in [0, 0.1) is 0 Å². The highest BCUT2D eigenvalue weighted by Crippen LogP contribution is 2.33. The Kier molecular flexibility index (Phi) is 6.46. The number of halogens is 3. The average molecular weight is 485 g/mol. The molecule has 7 nitrogen and oxygen atoms in total. The first-order chi connectivity index (χ1) is 16.2. The van der Waals surface area contributed by atoms with Crippen LogP contribution in [0.2, 0.25) is 0 Å². The molecule has 34 heavy (non-hydrogen) atoms. The molecule has 0 spiro atoms. The Bertz CT molecular complexity index is 1310. The first-order valence-electron chi connectivity index (χ1n) is 10.0. The third-order valence-electron chi connectivity index (χ3n) is 4.76. The van der Waals surface area contributed by atoms with Gasteiger partial charge in [-0.05, 0) is 23.8 Å². The van der Waals surface area contributed by atoms with Crippen molar-refractivity contribution in [3.63, 3.8) is 0 Å². The Labute approximate surface area is 197 Å². The van der Waals surface area contributed by atoms with E-state index >= 15 is 0 Å². The number of nitrogens with one attached hydrogen (secondary N) is 1. The highest BCUT2D eigenvalue weighted by Gasteiger charge is 2.35. The van der Waals surface area contributed by atoms with Crippen LogP contribution in [0.15, 0.2) is 71.1 Å². The number of thiazole rings is 1. The van der Waals surface area contributed by atoms with Crippen molar-refractivity contribution in [1.82, 2.24) is 20.2 Å². The first kappa shape index (κ1) is 23.2. The van der Waals surface area contributed by atoms with Crippen LogP contribution in [-0.4, -0.2) is 41.0 Å². The van der Waals surface area contributed by atoms with E-state index in [1.807, 2.05) is 43.3 Å². The monoisotopic (exact) mass is 484 g/mol. The van der Waals surface area contributed by atoms with Gasteiger partial charge in [0.2, 0.25) is 5.13 Å². The molecule has 0 aliphatic rings. The SMILES string of the molecule is CN(C)c1ccc(/C=N\NC(=O)c2csc(-n3nc(C(F)(F)F)cc3-c3ccccc3)n2)cc1. The van der Waals surface area contributed by atoms with Crippen LogP contribution in [0.25, 0.3) is 16.4 Å². The van der Waals surface area contributed by atoms with E-state index in [4.69, 9.17) is 0 Å². The van der Waals surface area contributed by atoms with E-state index < -0.39 is 17.8 Å². The molecule has 4 rings (SSSR count). The fraction of sp³-hybridized carbons (Fsp3) is 0.130. The highest BCUT2D eigenvalue weighted by atomic mass is 32.1. The van der Waals surface area contributed by atoms with Crippen molar-refractivity contribution >= 4 is 29.1 Å². The van der Waals surface area contributed by atoms with Gasteiger partial charge in [0.1, 0.15) is 5.69 Å². The number of carbonyl (C=O) groups is 1. The predicted molar refractivity (Wildman–Crippen MR) is 126 cm³/mol. The number of alkyl halides is 3. The molecule has 0 saturated heterocycles. The number of carbonyl (C=O) groups excluding carboxylic acids is 1. The molecule has 2 aromatic carbocycles. The van der Waals surface area contributed by atoms with Crippen molar-refractivity contribution in [2.45, 2.75) is 6.18 Å². The summed E-state index contributed by atoms with van der Waals surface area (Å²) < 4.78 is 41.0. The largest absolute Gasteiger partial charge is 0.435 e. The first-order valence-corrected chi connectivity index (χ1v) is 10.9. The Morgan fingerprint density at radius 2 is 1.82 bits per heavy atom. The van der Waals surface area contributed by atoms with Crippen molar-refractivity contribution in [3.8, 4) is 16.4 Å². The number of amides is 1. The zero-order chi connectivity index (χ0) is 24.3. The van der Waals surface area contributed by atoms with Gasteiger partial charge in [-0.15, -0.1) is 11.3 Å². The summed E-state index contributed by atoms with van der Waals surface area (Å²) in [5, 5.41) is 9.20. The normalized spacial score (nSPS) is 11.7. The Morgan fingerprint density at radius 1 is 1.12 bits per heavy atom. The fourth-order valence-corrected chi connectivity index (χ4v) is 3.79. The van der Waals surface area contributed by atoms with Crippen molar-refractivity contribution in [2.24, 2.45) is 5.10 Å². The van der Waals surface area contributed by atoms with Gasteiger partial charge in [0.15, 0.2) is 5.69 Å². The molecule has 0 fully saturated rings. The van der Waals surface area contributed by atoms with Crippen LogP contribution >= 0.6 is 11.3 Å². The van der Waals surface area contributed by atoms with Gasteiger partial charge in [-0.1, -0.05) is 42.5 Å². The van der Waals surface area contributed by atoms with Crippen molar-refractivity contribution in [3.05, 3.63) is 83.0 Å². The number of aromatic nitrogens is 3. The fourth-order valence-electron chi connectivity index (χ4n) is 3.03. The molecule has 0 saturated carbocycles. The minimum Gasteiger partial charge on any atom is -0.378 e. The van der Waals surface area contributed by atoms with Gasteiger partial charge in [0.05, 0.1) is 11.9 Å². The minimum absolute atomic E-state index is 0.0168. The van der Waals surface area contributed by atoms with Gasteiger partial charge in [-0.25, -0.2) is 15.1 Å². The van der Waals surface area contributed by atoms with E-state index in [9.17, 15) is 18.0 Å². The van der Waals surface area contributed by atoms with Crippen LogP contribution in [0.3, 0.4) is 0 Å². The standard InChI is InChI=1S/C23H19F3N6OS/c1-31(2)17-10-8-15(9-11-17)13-27-29-21(33)18-14-34-22(28-18)32-19(16-6-4-3-5-7-16)12-20(30-32)23(24,25)26/h3-14H,1-2H3,(H,29,33)/b27-13-. The lowest BCUT2D eigenvalue weighted by atomic mass is 10.1. The molecule has 4 aromatic rings. The Hall–Kier alpha value is -3.99. The zero-order valence-corrected chi connectivity index (χ0v) is 18.9. The van der Waals surface area contributed by atoms with Gasteiger partial charge in [0.25, 0.3) is 5.91 Å². The number of nitrogens with zero attached hydrogens (tertiary/aromatic N) is 5. The summed E-state index contributed by atoms with van der Waals surface area (Å²) in [7, 11) is 3.86. The lowest BCUT2D eigenvalue weighted by molar-refractivity contribution is -0.141. The van der Waals surface area contributed by atoms with E-state index in [1.165, 1.54) is 11.6 Å². The van der Waals surface area contributed by atoms with E-state index in [1.54, 1.807) is 30.3 Å². The molecule has 2 heterocycles. The van der Waals surface area contributed by atoms with E-state index in [2.05, 4.69) is 20.6 Å². The Morgan fingerprint density at radius 3 is 2.47 bits per heavy atom. The summed E-state index contributed by atoms with van der Waals surface area (Å²) >= 11 is 1.00. The maximum absolute atomic E-state index is 13.3. The van der Waals surface area contributed by atoms with Crippen LogP contribution in [0.4, 0.5) is 18.9 Å². The van der Waals surface area contributed by atoms with Crippen molar-refractivity contribution in [1.29, 1.82) is 0 Å². The number of hydrazone groups is 1. The summed E-state index contributed by atoms with van der Waals surface area (Å²) in [5.41, 5.74) is 3.92. The number of benzene rings is 2. The maximum atomic E-state index is 13.3. The lowest BCUT2D eigenvalue weighted by Crippen LogP contribution is -2.18. The molecule has 174 valence electrons. The molecular formula is C23H19F3N6OS. The van der Waals surface area contributed by atoms with Crippen LogP contribution in [0.1, 0.15) is 21.7 Å². The summed E-state index contributed by atoms with van der Waals surface area (Å²) in [6, 6.07) is 17.0. The van der Waals surface area contributed by atoms with Crippen LogP contribution in [-0.2, 0) is 6.18 Å².